The number of carbonyl (C=O) groups is 3. The molecule has 5 nitrogen and oxygen atoms in total. The zero-order valence-corrected chi connectivity index (χ0v) is 13.9. The summed E-state index contributed by atoms with van der Waals surface area (Å²) < 4.78 is 0. The first-order valence-corrected chi connectivity index (χ1v) is 8.04. The van der Waals surface area contributed by atoms with Gasteiger partial charge in [0.1, 0.15) is 11.6 Å². The molecule has 0 spiro atoms. The molecule has 0 aliphatic heterocycles. The van der Waals surface area contributed by atoms with Crippen LogP contribution < -0.4 is 0 Å². The number of carboxylic acid groups (broad SMARTS) is 1. The summed E-state index contributed by atoms with van der Waals surface area (Å²) in [6.45, 7) is 5.71. The summed E-state index contributed by atoms with van der Waals surface area (Å²) in [5, 5.41) is 18.5. The number of aliphatic carboxylic acids is 1. The maximum Gasteiger partial charge on any atom is 0.339 e. The first kappa shape index (κ1) is 16.4. The molecule has 0 aromatic rings. The molecule has 0 heterocycles. The Morgan fingerprint density at radius 3 is 2.58 bits per heavy atom. The van der Waals surface area contributed by atoms with E-state index in [1.54, 1.807) is 12.2 Å². The van der Waals surface area contributed by atoms with E-state index in [1.807, 2.05) is 26.8 Å². The number of rotatable bonds is 1. The van der Waals surface area contributed by atoms with E-state index in [9.17, 15) is 24.8 Å². The molecule has 24 heavy (non-hydrogen) atoms. The molecule has 0 aromatic carbocycles. The molecule has 1 fully saturated rings. The number of carboxylic acids is 1. The van der Waals surface area contributed by atoms with E-state index < -0.39 is 22.6 Å². The van der Waals surface area contributed by atoms with Gasteiger partial charge in [-0.05, 0) is 30.4 Å². The lowest BCUT2D eigenvalue weighted by molar-refractivity contribution is -0.134. The van der Waals surface area contributed by atoms with Crippen LogP contribution in [0.2, 0.25) is 0 Å². The van der Waals surface area contributed by atoms with Gasteiger partial charge in [-0.25, -0.2) is 4.79 Å². The van der Waals surface area contributed by atoms with E-state index in [-0.39, 0.29) is 28.8 Å². The SMILES string of the molecule is C[C@H]1C(=O)C(C#N)=C[C@]2(C)C3=CC(=O)C(C(=O)O)=C[C@]3(C)CCC12. The zero-order valence-electron chi connectivity index (χ0n) is 13.9. The summed E-state index contributed by atoms with van der Waals surface area (Å²) in [5.41, 5.74) is -0.404. The number of ketones is 2. The number of allylic oxidation sites excluding steroid dienone is 5. The van der Waals surface area contributed by atoms with E-state index in [0.717, 1.165) is 12.0 Å². The largest absolute Gasteiger partial charge is 0.478 e. The van der Waals surface area contributed by atoms with Gasteiger partial charge in [0.05, 0.1) is 5.57 Å². The standard InChI is InChI=1S/C19H19NO4/c1-10-13-4-5-18(2)8-12(17(23)24)14(21)6-15(18)19(13,3)7-11(9-20)16(10)22/h6-8,10,13H,4-5H2,1-3H3,(H,23,24)/t10-,13?,18+,19+/m1/s1. The molecule has 0 saturated heterocycles. The third-order valence-corrected chi connectivity index (χ3v) is 6.02. The van der Waals surface area contributed by atoms with Crippen LogP contribution in [0.4, 0.5) is 0 Å². The molecule has 1 N–H and O–H groups in total. The smallest absolute Gasteiger partial charge is 0.339 e. The van der Waals surface area contributed by atoms with Crippen molar-refractivity contribution in [3.05, 3.63) is 34.9 Å². The Morgan fingerprint density at radius 1 is 1.33 bits per heavy atom. The van der Waals surface area contributed by atoms with Crippen LogP contribution in [0, 0.1) is 34.0 Å². The van der Waals surface area contributed by atoms with Crippen LogP contribution in [0.5, 0.6) is 0 Å². The Balaban J connectivity index is 2.20. The van der Waals surface area contributed by atoms with E-state index >= 15 is 0 Å². The lowest BCUT2D eigenvalue weighted by atomic mass is 9.49. The van der Waals surface area contributed by atoms with Crippen molar-refractivity contribution < 1.29 is 19.5 Å². The monoisotopic (exact) mass is 325 g/mol. The number of fused-ring (bicyclic) bond motifs is 3. The fraction of sp³-hybridized carbons (Fsp3) is 0.474. The normalized spacial score (nSPS) is 38.2. The molecule has 0 aromatic heterocycles. The van der Waals surface area contributed by atoms with Crippen LogP contribution in [-0.2, 0) is 14.4 Å². The van der Waals surface area contributed by atoms with E-state index in [1.165, 1.54) is 6.08 Å². The minimum Gasteiger partial charge on any atom is -0.478 e. The summed E-state index contributed by atoms with van der Waals surface area (Å²) in [5.74, 6) is -2.17. The van der Waals surface area contributed by atoms with Gasteiger partial charge in [-0.2, -0.15) is 5.26 Å². The number of Topliss-reactive ketones (excluding diaryl/α,β-unsaturated/α-hetero) is 1. The van der Waals surface area contributed by atoms with Gasteiger partial charge in [0.2, 0.25) is 0 Å². The number of hydrogen-bond donors (Lipinski definition) is 1. The second kappa shape index (κ2) is 5.01. The van der Waals surface area contributed by atoms with Crippen molar-refractivity contribution in [1.29, 1.82) is 5.26 Å². The molecule has 3 aliphatic rings. The maximum absolute atomic E-state index is 12.3. The van der Waals surface area contributed by atoms with Crippen LogP contribution >= 0.6 is 0 Å². The predicted molar refractivity (Wildman–Crippen MR) is 85.6 cm³/mol. The molecule has 1 saturated carbocycles. The van der Waals surface area contributed by atoms with Crippen LogP contribution in [0.3, 0.4) is 0 Å². The van der Waals surface area contributed by atoms with Gasteiger partial charge in [-0.1, -0.05) is 32.9 Å². The molecule has 5 heteroatoms. The van der Waals surface area contributed by atoms with Crippen molar-refractivity contribution in [3.8, 4) is 6.07 Å². The Hall–Kier alpha value is -2.48. The average molecular weight is 325 g/mol. The highest BCUT2D eigenvalue weighted by atomic mass is 16.4. The average Bonchev–Trinajstić information content (AvgIpc) is 2.52. The van der Waals surface area contributed by atoms with E-state index in [2.05, 4.69) is 0 Å². The lowest BCUT2D eigenvalue weighted by Crippen LogP contribution is -2.49. The molecule has 0 bridgehead atoms. The van der Waals surface area contributed by atoms with Crippen molar-refractivity contribution in [2.75, 3.05) is 0 Å². The van der Waals surface area contributed by atoms with Gasteiger partial charge in [0.15, 0.2) is 11.6 Å². The lowest BCUT2D eigenvalue weighted by Gasteiger charge is -2.54. The third-order valence-electron chi connectivity index (χ3n) is 6.02. The number of hydrogen-bond acceptors (Lipinski definition) is 4. The molecule has 1 unspecified atom stereocenters. The van der Waals surface area contributed by atoms with Gasteiger partial charge in [0.25, 0.3) is 0 Å². The van der Waals surface area contributed by atoms with Crippen LogP contribution in [0.15, 0.2) is 34.9 Å². The topological polar surface area (TPSA) is 95.2 Å². The number of nitriles is 1. The highest BCUT2D eigenvalue weighted by Crippen LogP contribution is 2.60. The second-order valence-electron chi connectivity index (χ2n) is 7.45. The van der Waals surface area contributed by atoms with Gasteiger partial charge >= 0.3 is 5.97 Å². The number of nitrogens with zero attached hydrogens (tertiary/aromatic N) is 1. The van der Waals surface area contributed by atoms with Crippen molar-refractivity contribution in [3.63, 3.8) is 0 Å². The van der Waals surface area contributed by atoms with Gasteiger partial charge < -0.3 is 5.11 Å². The Kier molecular flexibility index (Phi) is 3.42. The van der Waals surface area contributed by atoms with Gasteiger partial charge in [0, 0.05) is 16.7 Å². The summed E-state index contributed by atoms with van der Waals surface area (Å²) in [7, 11) is 0. The minimum atomic E-state index is -1.22. The fourth-order valence-electron chi connectivity index (χ4n) is 4.78. The molecule has 124 valence electrons. The molecular weight excluding hydrogens is 306 g/mol. The molecule has 3 rings (SSSR count). The molecule has 3 aliphatic carbocycles. The highest BCUT2D eigenvalue weighted by Gasteiger charge is 2.54. The zero-order chi connectivity index (χ0) is 17.9. The van der Waals surface area contributed by atoms with Gasteiger partial charge in [-0.15, -0.1) is 0 Å². The molecular formula is C19H19NO4. The van der Waals surface area contributed by atoms with Crippen molar-refractivity contribution in [1.82, 2.24) is 0 Å². The van der Waals surface area contributed by atoms with Crippen LogP contribution in [0.1, 0.15) is 33.6 Å². The highest BCUT2D eigenvalue weighted by molar-refractivity contribution is 6.22. The molecule has 0 radical (unpaired) electrons. The first-order valence-electron chi connectivity index (χ1n) is 8.04. The fourth-order valence-corrected chi connectivity index (χ4v) is 4.78. The summed E-state index contributed by atoms with van der Waals surface area (Å²) in [4.78, 5) is 35.9. The quantitative estimate of drug-likeness (QED) is 0.748. The minimum absolute atomic E-state index is 0.00834. The third kappa shape index (κ3) is 2.02. The second-order valence-corrected chi connectivity index (χ2v) is 7.45. The maximum atomic E-state index is 12.3. The van der Waals surface area contributed by atoms with Crippen molar-refractivity contribution in [2.45, 2.75) is 33.6 Å². The Labute approximate surface area is 140 Å². The summed E-state index contributed by atoms with van der Waals surface area (Å²) in [6, 6.07) is 1.98. The van der Waals surface area contributed by atoms with Crippen molar-refractivity contribution in [2.24, 2.45) is 22.7 Å². The summed E-state index contributed by atoms with van der Waals surface area (Å²) >= 11 is 0. The molecule has 0 amide bonds. The van der Waals surface area contributed by atoms with E-state index in [0.29, 0.717) is 6.42 Å². The van der Waals surface area contributed by atoms with Gasteiger partial charge in [-0.3, -0.25) is 9.59 Å². The van der Waals surface area contributed by atoms with E-state index in [4.69, 9.17) is 0 Å². The Morgan fingerprint density at radius 2 is 2.00 bits per heavy atom. The van der Waals surface area contributed by atoms with Crippen LogP contribution in [0.25, 0.3) is 0 Å². The van der Waals surface area contributed by atoms with Crippen LogP contribution in [-0.4, -0.2) is 22.6 Å². The number of carbonyl (C=O) groups excluding carboxylic acids is 2. The summed E-state index contributed by atoms with van der Waals surface area (Å²) in [6.07, 6.45) is 6.08. The Bertz CT molecular complexity index is 810. The van der Waals surface area contributed by atoms with Crippen molar-refractivity contribution >= 4 is 17.5 Å². The first-order chi connectivity index (χ1) is 11.1. The predicted octanol–water partition coefficient (Wildman–Crippen LogP) is 2.60. The molecule has 4 atom stereocenters.